The number of carbonyl (C=O) groups is 1. The molecule has 1 N–H and O–H groups in total. The maximum Gasteiger partial charge on any atom is 0.246 e. The molecule has 0 fully saturated rings. The van der Waals surface area contributed by atoms with E-state index in [4.69, 9.17) is 9.26 Å². The highest BCUT2D eigenvalue weighted by atomic mass is 32.2. The molecule has 3 aromatic rings. The lowest BCUT2D eigenvalue weighted by atomic mass is 10.2. The zero-order valence-corrected chi connectivity index (χ0v) is 18.2. The predicted octanol–water partition coefficient (Wildman–Crippen LogP) is 2.49. The number of ether oxygens (including phenoxy) is 1. The van der Waals surface area contributed by atoms with Crippen molar-refractivity contribution >= 4 is 21.6 Å². The summed E-state index contributed by atoms with van der Waals surface area (Å²) < 4.78 is 62.3. The second kappa shape index (κ2) is 9.30. The summed E-state index contributed by atoms with van der Waals surface area (Å²) >= 11 is 0. The van der Waals surface area contributed by atoms with Gasteiger partial charge in [0.25, 0.3) is 0 Å². The zero-order valence-electron chi connectivity index (χ0n) is 17.4. The van der Waals surface area contributed by atoms with Crippen molar-refractivity contribution < 1.29 is 31.3 Å². The van der Waals surface area contributed by atoms with Crippen molar-refractivity contribution in [2.45, 2.75) is 19.5 Å². The van der Waals surface area contributed by atoms with Crippen LogP contribution in [0.1, 0.15) is 12.8 Å². The number of methoxy groups -OCH3 is 1. The molecule has 32 heavy (non-hydrogen) atoms. The minimum absolute atomic E-state index is 0.0853. The Hall–Kier alpha value is -3.54. The number of nitrogens with zero attached hydrogens (tertiary/aromatic N) is 3. The molecule has 9 nitrogen and oxygen atoms in total. The molecule has 170 valence electrons. The zero-order chi connectivity index (χ0) is 23.5. The molecule has 0 bridgehead atoms. The first-order chi connectivity index (χ1) is 15.1. The van der Waals surface area contributed by atoms with Gasteiger partial charge in [-0.05, 0) is 31.2 Å². The van der Waals surface area contributed by atoms with Gasteiger partial charge < -0.3 is 14.6 Å². The molecule has 3 rings (SSSR count). The van der Waals surface area contributed by atoms with E-state index in [2.05, 4.69) is 15.5 Å². The van der Waals surface area contributed by atoms with E-state index in [1.807, 2.05) is 0 Å². The quantitative estimate of drug-likeness (QED) is 0.542. The Kier molecular flexibility index (Phi) is 6.72. The van der Waals surface area contributed by atoms with Gasteiger partial charge in [0, 0.05) is 11.6 Å². The van der Waals surface area contributed by atoms with Crippen molar-refractivity contribution in [2.24, 2.45) is 0 Å². The lowest BCUT2D eigenvalue weighted by Crippen LogP contribution is -2.47. The van der Waals surface area contributed by atoms with Gasteiger partial charge in [-0.1, -0.05) is 17.3 Å². The monoisotopic (exact) mass is 466 g/mol. The van der Waals surface area contributed by atoms with Crippen LogP contribution in [0.15, 0.2) is 47.0 Å². The SMILES string of the molecule is COc1cccc(-c2noc(CNC(=O)[C@@H](C)N(c3ccc(F)c(F)c3)S(C)(=O)=O)n2)c1. The topological polar surface area (TPSA) is 115 Å². The number of amides is 1. The number of nitrogens with one attached hydrogen (secondary N) is 1. The second-order valence-electron chi connectivity index (χ2n) is 6.79. The Morgan fingerprint density at radius 1 is 1.22 bits per heavy atom. The van der Waals surface area contributed by atoms with E-state index in [1.54, 1.807) is 24.3 Å². The van der Waals surface area contributed by atoms with Crippen molar-refractivity contribution in [3.63, 3.8) is 0 Å². The van der Waals surface area contributed by atoms with Crippen molar-refractivity contribution in [1.82, 2.24) is 15.5 Å². The number of hydrogen-bond donors (Lipinski definition) is 1. The van der Waals surface area contributed by atoms with Gasteiger partial charge in [0.2, 0.25) is 27.6 Å². The highest BCUT2D eigenvalue weighted by molar-refractivity contribution is 7.92. The van der Waals surface area contributed by atoms with Crippen LogP contribution in [-0.2, 0) is 21.4 Å². The molecule has 2 aromatic carbocycles. The number of rotatable bonds is 8. The van der Waals surface area contributed by atoms with E-state index >= 15 is 0 Å². The number of halogens is 2. The number of anilines is 1. The Bertz CT molecular complexity index is 1230. The van der Waals surface area contributed by atoms with Gasteiger partial charge in [0.15, 0.2) is 11.6 Å². The fourth-order valence-electron chi connectivity index (χ4n) is 2.95. The van der Waals surface area contributed by atoms with Gasteiger partial charge in [0.1, 0.15) is 11.8 Å². The van der Waals surface area contributed by atoms with Gasteiger partial charge in [-0.15, -0.1) is 0 Å². The first-order valence-corrected chi connectivity index (χ1v) is 11.1. The number of carbonyl (C=O) groups excluding carboxylic acids is 1. The average molecular weight is 466 g/mol. The molecule has 0 saturated carbocycles. The summed E-state index contributed by atoms with van der Waals surface area (Å²) in [5.41, 5.74) is 0.452. The molecule has 1 atom stereocenters. The van der Waals surface area contributed by atoms with Crippen LogP contribution < -0.4 is 14.4 Å². The fraction of sp³-hybridized carbons (Fsp3) is 0.250. The molecular weight excluding hydrogens is 446 g/mol. The minimum atomic E-state index is -3.99. The van der Waals surface area contributed by atoms with Crippen LogP contribution in [-0.4, -0.2) is 43.9 Å². The van der Waals surface area contributed by atoms with Gasteiger partial charge in [-0.25, -0.2) is 17.2 Å². The molecule has 1 amide bonds. The summed E-state index contributed by atoms with van der Waals surface area (Å²) in [6.07, 6.45) is 0.858. The van der Waals surface area contributed by atoms with Crippen LogP contribution in [0.2, 0.25) is 0 Å². The first kappa shape index (κ1) is 23.1. The van der Waals surface area contributed by atoms with Crippen molar-refractivity contribution in [3.05, 3.63) is 60.0 Å². The number of aromatic nitrogens is 2. The number of benzene rings is 2. The first-order valence-electron chi connectivity index (χ1n) is 9.29. The van der Waals surface area contributed by atoms with Crippen LogP contribution in [0, 0.1) is 11.6 Å². The lowest BCUT2D eigenvalue weighted by molar-refractivity contribution is -0.122. The van der Waals surface area contributed by atoms with Crippen LogP contribution >= 0.6 is 0 Å². The van der Waals surface area contributed by atoms with Crippen LogP contribution in [0.3, 0.4) is 0 Å². The standard InChI is InChI=1S/C20H20F2N4O5S/c1-12(26(32(3,28)29)14-7-8-16(21)17(22)10-14)20(27)23-11-18-24-19(25-31-18)13-5-4-6-15(9-13)30-2/h4-10,12H,11H2,1-3H3,(H,23,27)/t12-/m1/s1. The molecule has 0 radical (unpaired) electrons. The van der Waals surface area contributed by atoms with Gasteiger partial charge in [0.05, 0.1) is 25.6 Å². The summed E-state index contributed by atoms with van der Waals surface area (Å²) in [4.78, 5) is 16.8. The summed E-state index contributed by atoms with van der Waals surface area (Å²) in [6, 6.07) is 8.27. The summed E-state index contributed by atoms with van der Waals surface area (Å²) in [7, 11) is -2.47. The summed E-state index contributed by atoms with van der Waals surface area (Å²) in [5, 5.41) is 6.35. The van der Waals surface area contributed by atoms with E-state index in [0.29, 0.717) is 21.7 Å². The fourth-order valence-corrected chi connectivity index (χ4v) is 4.11. The minimum Gasteiger partial charge on any atom is -0.497 e. The smallest absolute Gasteiger partial charge is 0.246 e. The summed E-state index contributed by atoms with van der Waals surface area (Å²) in [5.74, 6) is -2.11. The predicted molar refractivity (Wildman–Crippen MR) is 111 cm³/mol. The van der Waals surface area contributed by atoms with Gasteiger partial charge in [-0.2, -0.15) is 4.98 Å². The van der Waals surface area contributed by atoms with E-state index < -0.39 is 33.6 Å². The molecule has 0 aliphatic heterocycles. The number of hydrogen-bond acceptors (Lipinski definition) is 7. The maximum atomic E-state index is 13.6. The van der Waals surface area contributed by atoms with E-state index in [1.165, 1.54) is 14.0 Å². The van der Waals surface area contributed by atoms with E-state index in [0.717, 1.165) is 18.4 Å². The van der Waals surface area contributed by atoms with Crippen molar-refractivity contribution in [3.8, 4) is 17.1 Å². The molecule has 0 aliphatic carbocycles. The van der Waals surface area contributed by atoms with Crippen LogP contribution in [0.25, 0.3) is 11.4 Å². The average Bonchev–Trinajstić information content (AvgIpc) is 3.23. The van der Waals surface area contributed by atoms with E-state index in [-0.39, 0.29) is 23.9 Å². The largest absolute Gasteiger partial charge is 0.497 e. The Morgan fingerprint density at radius 2 is 1.97 bits per heavy atom. The third-order valence-electron chi connectivity index (χ3n) is 4.46. The van der Waals surface area contributed by atoms with Crippen LogP contribution in [0.5, 0.6) is 5.75 Å². The third kappa shape index (κ3) is 5.19. The second-order valence-corrected chi connectivity index (χ2v) is 8.65. The Morgan fingerprint density at radius 3 is 2.62 bits per heavy atom. The van der Waals surface area contributed by atoms with E-state index in [9.17, 15) is 22.0 Å². The van der Waals surface area contributed by atoms with Gasteiger partial charge >= 0.3 is 0 Å². The molecular formula is C20H20F2N4O5S. The molecule has 1 heterocycles. The highest BCUT2D eigenvalue weighted by Gasteiger charge is 2.30. The maximum absolute atomic E-state index is 13.6. The van der Waals surface area contributed by atoms with Crippen molar-refractivity contribution in [2.75, 3.05) is 17.7 Å². The highest BCUT2D eigenvalue weighted by Crippen LogP contribution is 2.24. The lowest BCUT2D eigenvalue weighted by Gasteiger charge is -2.28. The molecule has 0 aliphatic rings. The molecule has 1 aromatic heterocycles. The summed E-state index contributed by atoms with van der Waals surface area (Å²) in [6.45, 7) is 1.14. The van der Waals surface area contributed by atoms with Gasteiger partial charge in [-0.3, -0.25) is 9.10 Å². The Balaban J connectivity index is 1.73. The Labute approximate surface area is 183 Å². The molecule has 0 saturated heterocycles. The van der Waals surface area contributed by atoms with Crippen molar-refractivity contribution in [1.29, 1.82) is 0 Å². The molecule has 0 unspecified atom stereocenters. The third-order valence-corrected chi connectivity index (χ3v) is 5.70. The van der Waals surface area contributed by atoms with Crippen LogP contribution in [0.4, 0.5) is 14.5 Å². The molecule has 0 spiro atoms. The number of sulfonamides is 1. The normalized spacial score (nSPS) is 12.3. The molecule has 12 heteroatoms.